The number of carbonyl (C=O) groups is 1. The molecule has 116 valence electrons. The minimum atomic E-state index is 0.0499. The minimum absolute atomic E-state index is 0.0499. The number of hydrogen-bond donors (Lipinski definition) is 0. The number of rotatable bonds is 2. The van der Waals surface area contributed by atoms with Crippen molar-refractivity contribution in [3.05, 3.63) is 30.2 Å². The number of hydrogen-bond acceptors (Lipinski definition) is 4. The molecule has 4 rings (SSSR count). The van der Waals surface area contributed by atoms with Crippen molar-refractivity contribution >= 4 is 11.6 Å². The lowest BCUT2D eigenvalue weighted by molar-refractivity contribution is -0.136. The Labute approximate surface area is 129 Å². The maximum atomic E-state index is 12.6. The van der Waals surface area contributed by atoms with E-state index in [0.717, 1.165) is 43.8 Å². The van der Waals surface area contributed by atoms with Gasteiger partial charge >= 0.3 is 0 Å². The van der Waals surface area contributed by atoms with Crippen LogP contribution in [0.2, 0.25) is 0 Å². The van der Waals surface area contributed by atoms with Crippen LogP contribution in [-0.4, -0.2) is 51.7 Å². The Morgan fingerprint density at radius 3 is 3.09 bits per heavy atom. The van der Waals surface area contributed by atoms with Crippen molar-refractivity contribution in [3.63, 3.8) is 0 Å². The fourth-order valence-electron chi connectivity index (χ4n) is 3.51. The van der Waals surface area contributed by atoms with E-state index in [1.807, 2.05) is 33.7 Å². The summed E-state index contributed by atoms with van der Waals surface area (Å²) in [6.07, 6.45) is 4.93. The lowest BCUT2D eigenvalue weighted by Gasteiger charge is -2.33. The predicted octanol–water partition coefficient (Wildman–Crippen LogP) is 1.47. The normalized spacial score (nSPS) is 25.7. The van der Waals surface area contributed by atoms with Crippen molar-refractivity contribution in [1.29, 1.82) is 0 Å². The van der Waals surface area contributed by atoms with Crippen LogP contribution in [0.5, 0.6) is 0 Å². The third-order valence-corrected chi connectivity index (χ3v) is 4.72. The molecule has 2 aliphatic heterocycles. The second-order valence-corrected chi connectivity index (χ2v) is 6.17. The molecule has 22 heavy (non-hydrogen) atoms. The Kier molecular flexibility index (Phi) is 3.54. The number of pyridine rings is 1. The van der Waals surface area contributed by atoms with Gasteiger partial charge in [-0.3, -0.25) is 9.20 Å². The van der Waals surface area contributed by atoms with Gasteiger partial charge in [0.15, 0.2) is 5.65 Å². The van der Waals surface area contributed by atoms with Crippen LogP contribution in [0.4, 0.5) is 0 Å². The molecule has 2 unspecified atom stereocenters. The molecule has 2 aromatic rings. The first kappa shape index (κ1) is 13.7. The first-order chi connectivity index (χ1) is 10.8. The van der Waals surface area contributed by atoms with Gasteiger partial charge in [0.05, 0.1) is 12.5 Å². The molecule has 1 amide bonds. The molecule has 2 atom stereocenters. The summed E-state index contributed by atoms with van der Waals surface area (Å²) in [6, 6.07) is 5.91. The summed E-state index contributed by atoms with van der Waals surface area (Å²) in [5.41, 5.74) is 0.866. The maximum Gasteiger partial charge on any atom is 0.228 e. The van der Waals surface area contributed by atoms with Crippen molar-refractivity contribution in [2.45, 2.75) is 25.2 Å². The Bertz CT molecular complexity index is 678. The highest BCUT2D eigenvalue weighted by molar-refractivity contribution is 5.79. The quantitative estimate of drug-likeness (QED) is 0.843. The molecule has 2 aliphatic rings. The zero-order valence-electron chi connectivity index (χ0n) is 12.5. The lowest BCUT2D eigenvalue weighted by Crippen LogP contribution is -2.42. The van der Waals surface area contributed by atoms with Crippen molar-refractivity contribution in [2.24, 2.45) is 5.92 Å². The highest BCUT2D eigenvalue weighted by Gasteiger charge is 2.32. The third-order valence-electron chi connectivity index (χ3n) is 4.72. The van der Waals surface area contributed by atoms with Crippen LogP contribution in [-0.2, 0) is 9.53 Å². The van der Waals surface area contributed by atoms with Gasteiger partial charge < -0.3 is 9.64 Å². The first-order valence-electron chi connectivity index (χ1n) is 7.99. The molecule has 2 fully saturated rings. The molecule has 2 aromatic heterocycles. The van der Waals surface area contributed by atoms with Gasteiger partial charge in [0.2, 0.25) is 5.91 Å². The van der Waals surface area contributed by atoms with Gasteiger partial charge in [-0.25, -0.2) is 0 Å². The highest BCUT2D eigenvalue weighted by atomic mass is 16.5. The van der Waals surface area contributed by atoms with E-state index in [1.165, 1.54) is 0 Å². The standard InChI is InChI=1S/C16H20N4O2/c21-16(13-6-9-22-11-13)19-7-3-4-12(10-19)15-18-17-14-5-1-2-8-20(14)15/h1-2,5,8,12-13H,3-4,6-7,9-11H2. The van der Waals surface area contributed by atoms with Gasteiger partial charge in [0, 0.05) is 31.8 Å². The number of amides is 1. The van der Waals surface area contributed by atoms with E-state index in [2.05, 4.69) is 10.2 Å². The molecule has 0 N–H and O–H groups in total. The van der Waals surface area contributed by atoms with Crippen LogP contribution in [0, 0.1) is 5.92 Å². The van der Waals surface area contributed by atoms with E-state index in [0.29, 0.717) is 13.2 Å². The van der Waals surface area contributed by atoms with E-state index < -0.39 is 0 Å². The zero-order valence-corrected chi connectivity index (χ0v) is 12.5. The zero-order chi connectivity index (χ0) is 14.9. The van der Waals surface area contributed by atoms with E-state index in [-0.39, 0.29) is 17.7 Å². The van der Waals surface area contributed by atoms with Crippen molar-refractivity contribution in [1.82, 2.24) is 19.5 Å². The molecular weight excluding hydrogens is 280 g/mol. The number of carbonyl (C=O) groups excluding carboxylic acids is 1. The number of aromatic nitrogens is 3. The summed E-state index contributed by atoms with van der Waals surface area (Å²) in [6.45, 7) is 2.88. The highest BCUT2D eigenvalue weighted by Crippen LogP contribution is 2.28. The summed E-state index contributed by atoms with van der Waals surface area (Å²) >= 11 is 0. The summed E-state index contributed by atoms with van der Waals surface area (Å²) < 4.78 is 7.39. The largest absolute Gasteiger partial charge is 0.381 e. The Morgan fingerprint density at radius 1 is 1.27 bits per heavy atom. The molecule has 6 nitrogen and oxygen atoms in total. The van der Waals surface area contributed by atoms with Gasteiger partial charge in [0.25, 0.3) is 0 Å². The Morgan fingerprint density at radius 2 is 2.23 bits per heavy atom. The fraction of sp³-hybridized carbons (Fsp3) is 0.562. The lowest BCUT2D eigenvalue weighted by atomic mass is 9.95. The molecule has 0 aliphatic carbocycles. The first-order valence-corrected chi connectivity index (χ1v) is 7.99. The Hall–Kier alpha value is -1.95. The van der Waals surface area contributed by atoms with E-state index in [9.17, 15) is 4.79 Å². The molecule has 4 heterocycles. The molecule has 0 aromatic carbocycles. The summed E-state index contributed by atoms with van der Waals surface area (Å²) in [7, 11) is 0. The topological polar surface area (TPSA) is 59.7 Å². The Balaban J connectivity index is 1.54. The van der Waals surface area contributed by atoms with E-state index in [4.69, 9.17) is 4.74 Å². The van der Waals surface area contributed by atoms with Gasteiger partial charge in [-0.2, -0.15) is 0 Å². The minimum Gasteiger partial charge on any atom is -0.381 e. The maximum absolute atomic E-state index is 12.6. The van der Waals surface area contributed by atoms with Gasteiger partial charge in [-0.05, 0) is 31.4 Å². The monoisotopic (exact) mass is 300 g/mol. The van der Waals surface area contributed by atoms with Crippen LogP contribution in [0.3, 0.4) is 0 Å². The van der Waals surface area contributed by atoms with Crippen molar-refractivity contribution in [3.8, 4) is 0 Å². The predicted molar refractivity (Wildman–Crippen MR) is 80.5 cm³/mol. The number of likely N-dealkylation sites (tertiary alicyclic amines) is 1. The average molecular weight is 300 g/mol. The molecule has 6 heteroatoms. The van der Waals surface area contributed by atoms with E-state index in [1.54, 1.807) is 0 Å². The van der Waals surface area contributed by atoms with Crippen LogP contribution in [0.25, 0.3) is 5.65 Å². The van der Waals surface area contributed by atoms with Gasteiger partial charge in [-0.15, -0.1) is 10.2 Å². The van der Waals surface area contributed by atoms with Crippen LogP contribution in [0.15, 0.2) is 24.4 Å². The molecule has 0 radical (unpaired) electrons. The molecule has 0 spiro atoms. The smallest absolute Gasteiger partial charge is 0.228 e. The summed E-state index contributed by atoms with van der Waals surface area (Å²) in [4.78, 5) is 14.6. The molecular formula is C16H20N4O2. The number of fused-ring (bicyclic) bond motifs is 1. The van der Waals surface area contributed by atoms with Crippen LogP contribution in [0.1, 0.15) is 31.0 Å². The van der Waals surface area contributed by atoms with Crippen molar-refractivity contribution < 1.29 is 9.53 Å². The summed E-state index contributed by atoms with van der Waals surface area (Å²) in [5, 5.41) is 8.59. The van der Waals surface area contributed by atoms with Crippen LogP contribution >= 0.6 is 0 Å². The third kappa shape index (κ3) is 2.37. The second-order valence-electron chi connectivity index (χ2n) is 6.17. The van der Waals surface area contributed by atoms with Crippen LogP contribution < -0.4 is 0 Å². The second kappa shape index (κ2) is 5.68. The molecule has 2 saturated heterocycles. The van der Waals surface area contributed by atoms with Gasteiger partial charge in [-0.1, -0.05) is 6.07 Å². The van der Waals surface area contributed by atoms with E-state index >= 15 is 0 Å². The van der Waals surface area contributed by atoms with Gasteiger partial charge in [0.1, 0.15) is 5.82 Å². The number of ether oxygens (including phenoxy) is 1. The SMILES string of the molecule is O=C(C1CCOC1)N1CCCC(c2nnc3ccccn23)C1. The number of nitrogens with zero attached hydrogens (tertiary/aromatic N) is 4. The fourth-order valence-corrected chi connectivity index (χ4v) is 3.51. The molecule has 0 saturated carbocycles. The number of piperidine rings is 1. The average Bonchev–Trinajstić information content (AvgIpc) is 3.24. The summed E-state index contributed by atoms with van der Waals surface area (Å²) in [5.74, 6) is 1.53. The molecule has 0 bridgehead atoms. The van der Waals surface area contributed by atoms with Crippen molar-refractivity contribution in [2.75, 3.05) is 26.3 Å².